The SMILES string of the molecule is Cc1ccccc1S(=O)(=O)NC1CCCCC1C(=O)O. The van der Waals surface area contributed by atoms with E-state index in [0.717, 1.165) is 12.8 Å². The molecule has 1 aliphatic carbocycles. The zero-order valence-corrected chi connectivity index (χ0v) is 12.2. The number of rotatable bonds is 4. The van der Waals surface area contributed by atoms with Gasteiger partial charge in [-0.15, -0.1) is 0 Å². The van der Waals surface area contributed by atoms with Gasteiger partial charge in [0.05, 0.1) is 10.8 Å². The second-order valence-corrected chi connectivity index (χ2v) is 6.90. The van der Waals surface area contributed by atoms with Gasteiger partial charge in [0.1, 0.15) is 0 Å². The van der Waals surface area contributed by atoms with Crippen molar-refractivity contribution in [3.05, 3.63) is 29.8 Å². The van der Waals surface area contributed by atoms with E-state index in [1.807, 2.05) is 0 Å². The number of nitrogens with one attached hydrogen (secondary N) is 1. The van der Waals surface area contributed by atoms with Crippen molar-refractivity contribution in [3.8, 4) is 0 Å². The molecule has 6 heteroatoms. The monoisotopic (exact) mass is 297 g/mol. The quantitative estimate of drug-likeness (QED) is 0.889. The zero-order valence-electron chi connectivity index (χ0n) is 11.4. The Morgan fingerprint density at radius 3 is 2.55 bits per heavy atom. The number of aliphatic carboxylic acids is 1. The van der Waals surface area contributed by atoms with Crippen LogP contribution in [-0.2, 0) is 14.8 Å². The van der Waals surface area contributed by atoms with Crippen LogP contribution in [0.2, 0.25) is 0 Å². The lowest BCUT2D eigenvalue weighted by Gasteiger charge is -2.29. The van der Waals surface area contributed by atoms with Crippen LogP contribution in [-0.4, -0.2) is 25.5 Å². The minimum atomic E-state index is -3.67. The molecular weight excluding hydrogens is 278 g/mol. The normalized spacial score (nSPS) is 23.4. The van der Waals surface area contributed by atoms with E-state index in [-0.39, 0.29) is 4.90 Å². The van der Waals surface area contributed by atoms with Gasteiger partial charge in [-0.1, -0.05) is 31.0 Å². The van der Waals surface area contributed by atoms with Crippen molar-refractivity contribution in [3.63, 3.8) is 0 Å². The topological polar surface area (TPSA) is 83.5 Å². The maximum absolute atomic E-state index is 12.4. The number of hydrogen-bond donors (Lipinski definition) is 2. The lowest BCUT2D eigenvalue weighted by Crippen LogP contribution is -2.45. The Labute approximate surface area is 119 Å². The molecule has 0 amide bonds. The lowest BCUT2D eigenvalue weighted by molar-refractivity contribution is -0.143. The zero-order chi connectivity index (χ0) is 14.8. The van der Waals surface area contributed by atoms with Crippen molar-refractivity contribution in [1.82, 2.24) is 4.72 Å². The van der Waals surface area contributed by atoms with E-state index in [0.29, 0.717) is 18.4 Å². The van der Waals surface area contributed by atoms with Gasteiger partial charge in [0.25, 0.3) is 0 Å². The lowest BCUT2D eigenvalue weighted by atomic mass is 9.85. The Morgan fingerprint density at radius 2 is 1.90 bits per heavy atom. The molecule has 0 aromatic heterocycles. The van der Waals surface area contributed by atoms with Crippen LogP contribution in [0.25, 0.3) is 0 Å². The first kappa shape index (κ1) is 15.0. The minimum Gasteiger partial charge on any atom is -0.481 e. The molecule has 0 heterocycles. The van der Waals surface area contributed by atoms with Crippen molar-refractivity contribution in [2.24, 2.45) is 5.92 Å². The molecule has 1 saturated carbocycles. The summed E-state index contributed by atoms with van der Waals surface area (Å²) in [4.78, 5) is 11.4. The van der Waals surface area contributed by atoms with Crippen molar-refractivity contribution >= 4 is 16.0 Å². The van der Waals surface area contributed by atoms with Crippen molar-refractivity contribution < 1.29 is 18.3 Å². The summed E-state index contributed by atoms with van der Waals surface area (Å²) >= 11 is 0. The van der Waals surface area contributed by atoms with E-state index in [1.165, 1.54) is 6.07 Å². The Morgan fingerprint density at radius 1 is 1.25 bits per heavy atom. The van der Waals surface area contributed by atoms with Crippen LogP contribution in [0, 0.1) is 12.8 Å². The molecule has 2 N–H and O–H groups in total. The van der Waals surface area contributed by atoms with Gasteiger partial charge in [0, 0.05) is 6.04 Å². The van der Waals surface area contributed by atoms with E-state index in [1.54, 1.807) is 25.1 Å². The number of aryl methyl sites for hydroxylation is 1. The predicted octanol–water partition coefficient (Wildman–Crippen LogP) is 1.92. The number of carboxylic acids is 1. The predicted molar refractivity (Wildman–Crippen MR) is 74.9 cm³/mol. The Balaban J connectivity index is 2.23. The van der Waals surface area contributed by atoms with Crippen LogP contribution in [0.15, 0.2) is 29.2 Å². The first-order chi connectivity index (χ1) is 9.42. The highest BCUT2D eigenvalue weighted by atomic mass is 32.2. The summed E-state index contributed by atoms with van der Waals surface area (Å²) in [6.07, 6.45) is 2.78. The Hall–Kier alpha value is -1.40. The third-order valence-corrected chi connectivity index (χ3v) is 5.42. The number of benzene rings is 1. The molecule has 1 aromatic carbocycles. The Bertz CT molecular complexity index is 597. The summed E-state index contributed by atoms with van der Waals surface area (Å²) in [5.41, 5.74) is 0.655. The summed E-state index contributed by atoms with van der Waals surface area (Å²) in [6.45, 7) is 1.73. The maximum atomic E-state index is 12.4. The standard InChI is InChI=1S/C14H19NO4S/c1-10-6-2-5-9-13(10)20(18,19)15-12-8-4-3-7-11(12)14(16)17/h2,5-6,9,11-12,15H,3-4,7-8H2,1H3,(H,16,17). The fraction of sp³-hybridized carbons (Fsp3) is 0.500. The van der Waals surface area contributed by atoms with Crippen LogP contribution in [0.4, 0.5) is 0 Å². The highest BCUT2D eigenvalue weighted by Gasteiger charge is 2.34. The fourth-order valence-electron chi connectivity index (χ4n) is 2.69. The number of hydrogen-bond acceptors (Lipinski definition) is 3. The third kappa shape index (κ3) is 3.19. The van der Waals surface area contributed by atoms with Gasteiger partial charge >= 0.3 is 5.97 Å². The molecule has 1 fully saturated rings. The number of carbonyl (C=O) groups is 1. The van der Waals surface area contributed by atoms with Gasteiger partial charge in [-0.05, 0) is 31.4 Å². The highest BCUT2D eigenvalue weighted by molar-refractivity contribution is 7.89. The molecule has 0 bridgehead atoms. The summed E-state index contributed by atoms with van der Waals surface area (Å²) in [6, 6.07) is 6.18. The summed E-state index contributed by atoms with van der Waals surface area (Å²) < 4.78 is 27.3. The van der Waals surface area contributed by atoms with E-state index in [2.05, 4.69) is 4.72 Å². The van der Waals surface area contributed by atoms with Gasteiger partial charge in [-0.2, -0.15) is 0 Å². The summed E-state index contributed by atoms with van der Waals surface area (Å²) in [5, 5.41) is 9.20. The second kappa shape index (κ2) is 5.93. The van der Waals surface area contributed by atoms with Crippen LogP contribution < -0.4 is 4.72 Å². The first-order valence-corrected chi connectivity index (χ1v) is 8.21. The molecule has 2 rings (SSSR count). The molecule has 1 aromatic rings. The van der Waals surface area contributed by atoms with E-state index < -0.39 is 28.0 Å². The van der Waals surface area contributed by atoms with E-state index in [9.17, 15) is 18.3 Å². The molecule has 2 unspecified atom stereocenters. The molecule has 110 valence electrons. The van der Waals surface area contributed by atoms with Gasteiger partial charge in [0.15, 0.2) is 0 Å². The van der Waals surface area contributed by atoms with Gasteiger partial charge < -0.3 is 5.11 Å². The highest BCUT2D eigenvalue weighted by Crippen LogP contribution is 2.26. The second-order valence-electron chi connectivity index (χ2n) is 5.22. The fourth-order valence-corrected chi connectivity index (χ4v) is 4.25. The molecule has 1 aliphatic rings. The molecule has 20 heavy (non-hydrogen) atoms. The maximum Gasteiger partial charge on any atom is 0.308 e. The van der Waals surface area contributed by atoms with Crippen LogP contribution >= 0.6 is 0 Å². The molecule has 2 atom stereocenters. The van der Waals surface area contributed by atoms with Crippen molar-refractivity contribution in [2.45, 2.75) is 43.5 Å². The molecule has 0 saturated heterocycles. The molecule has 0 aliphatic heterocycles. The molecule has 0 spiro atoms. The Kier molecular flexibility index (Phi) is 4.45. The van der Waals surface area contributed by atoms with Gasteiger partial charge in [0.2, 0.25) is 10.0 Å². The third-order valence-electron chi connectivity index (χ3n) is 3.77. The van der Waals surface area contributed by atoms with Crippen LogP contribution in [0.5, 0.6) is 0 Å². The van der Waals surface area contributed by atoms with E-state index >= 15 is 0 Å². The average molecular weight is 297 g/mol. The van der Waals surface area contributed by atoms with Crippen molar-refractivity contribution in [2.75, 3.05) is 0 Å². The minimum absolute atomic E-state index is 0.217. The van der Waals surface area contributed by atoms with Crippen LogP contribution in [0.1, 0.15) is 31.2 Å². The van der Waals surface area contributed by atoms with E-state index in [4.69, 9.17) is 0 Å². The summed E-state index contributed by atoms with van der Waals surface area (Å²) in [7, 11) is -3.67. The summed E-state index contributed by atoms with van der Waals surface area (Å²) in [5.74, 6) is -1.57. The smallest absolute Gasteiger partial charge is 0.308 e. The number of carboxylic acid groups (broad SMARTS) is 1. The van der Waals surface area contributed by atoms with Gasteiger partial charge in [-0.25, -0.2) is 13.1 Å². The first-order valence-electron chi connectivity index (χ1n) is 6.72. The van der Waals surface area contributed by atoms with Gasteiger partial charge in [-0.3, -0.25) is 4.79 Å². The molecule has 5 nitrogen and oxygen atoms in total. The largest absolute Gasteiger partial charge is 0.481 e. The molecular formula is C14H19NO4S. The average Bonchev–Trinajstić information content (AvgIpc) is 2.39. The van der Waals surface area contributed by atoms with Crippen molar-refractivity contribution in [1.29, 1.82) is 0 Å². The molecule has 0 radical (unpaired) electrons. The van der Waals surface area contributed by atoms with Crippen LogP contribution in [0.3, 0.4) is 0 Å². The number of sulfonamides is 1.